The zero-order chi connectivity index (χ0) is 17.2. The van der Waals surface area contributed by atoms with Crippen LogP contribution < -0.4 is 14.8 Å². The third-order valence-corrected chi connectivity index (χ3v) is 3.55. The zero-order valence-corrected chi connectivity index (χ0v) is 14.0. The predicted octanol–water partition coefficient (Wildman–Crippen LogP) is 3.62. The highest BCUT2D eigenvalue weighted by Crippen LogP contribution is 2.28. The summed E-state index contributed by atoms with van der Waals surface area (Å²) in [7, 11) is 1.55. The van der Waals surface area contributed by atoms with Crippen molar-refractivity contribution >= 4 is 5.91 Å². The quantitative estimate of drug-likeness (QED) is 0.566. The van der Waals surface area contributed by atoms with Crippen molar-refractivity contribution in [2.24, 2.45) is 0 Å². The number of aryl methyl sites for hydroxylation is 1. The van der Waals surface area contributed by atoms with Gasteiger partial charge in [-0.05, 0) is 36.6 Å². The molecule has 0 unspecified atom stereocenters. The van der Waals surface area contributed by atoms with Crippen LogP contribution >= 0.6 is 0 Å². The molecule has 126 valence electrons. The Morgan fingerprint density at radius 1 is 1.17 bits per heavy atom. The summed E-state index contributed by atoms with van der Waals surface area (Å²) in [6, 6.07) is 15.4. The fourth-order valence-electron chi connectivity index (χ4n) is 2.32. The molecule has 0 atom stereocenters. The van der Waals surface area contributed by atoms with Crippen LogP contribution in [-0.2, 0) is 6.42 Å². The van der Waals surface area contributed by atoms with Crippen LogP contribution in [0.15, 0.2) is 61.2 Å². The number of benzene rings is 2. The van der Waals surface area contributed by atoms with Gasteiger partial charge in [0.2, 0.25) is 0 Å². The maximum absolute atomic E-state index is 12.2. The first-order chi connectivity index (χ1) is 11.7. The van der Waals surface area contributed by atoms with Crippen LogP contribution in [-0.4, -0.2) is 26.2 Å². The highest BCUT2D eigenvalue weighted by Gasteiger charge is 2.10. The Hall–Kier alpha value is -2.75. The fourth-order valence-corrected chi connectivity index (χ4v) is 2.32. The van der Waals surface area contributed by atoms with E-state index < -0.39 is 0 Å². The normalized spacial score (nSPS) is 10.0. The van der Waals surface area contributed by atoms with Crippen molar-refractivity contribution < 1.29 is 14.3 Å². The van der Waals surface area contributed by atoms with Gasteiger partial charge in [0, 0.05) is 12.1 Å². The van der Waals surface area contributed by atoms with Crippen LogP contribution in [0.2, 0.25) is 0 Å². The van der Waals surface area contributed by atoms with Gasteiger partial charge in [0.15, 0.2) is 11.5 Å². The van der Waals surface area contributed by atoms with E-state index in [0.717, 1.165) is 12.8 Å². The number of hydrogen-bond donors (Lipinski definition) is 1. The Labute approximate surface area is 143 Å². The van der Waals surface area contributed by atoms with E-state index >= 15 is 0 Å². The molecule has 2 aromatic rings. The lowest BCUT2D eigenvalue weighted by Crippen LogP contribution is -2.24. The van der Waals surface area contributed by atoms with Gasteiger partial charge in [0.25, 0.3) is 5.91 Å². The molecule has 1 amide bonds. The summed E-state index contributed by atoms with van der Waals surface area (Å²) >= 11 is 0. The lowest BCUT2D eigenvalue weighted by molar-refractivity contribution is 0.0953. The Morgan fingerprint density at radius 2 is 1.96 bits per heavy atom. The van der Waals surface area contributed by atoms with Gasteiger partial charge >= 0.3 is 0 Å². The van der Waals surface area contributed by atoms with Crippen molar-refractivity contribution in [1.29, 1.82) is 0 Å². The minimum absolute atomic E-state index is 0.114. The van der Waals surface area contributed by atoms with Crippen molar-refractivity contribution in [2.75, 3.05) is 20.3 Å². The molecule has 4 nitrogen and oxygen atoms in total. The molecular formula is C20H23NO3. The Kier molecular flexibility index (Phi) is 6.90. The summed E-state index contributed by atoms with van der Waals surface area (Å²) in [5, 5.41) is 2.93. The number of hydrogen-bond acceptors (Lipinski definition) is 3. The minimum Gasteiger partial charge on any atom is -0.493 e. The fraction of sp³-hybridized carbons (Fsp3) is 0.250. The predicted molar refractivity (Wildman–Crippen MR) is 95.8 cm³/mol. The van der Waals surface area contributed by atoms with Gasteiger partial charge in [-0.1, -0.05) is 43.0 Å². The van der Waals surface area contributed by atoms with Crippen molar-refractivity contribution in [3.05, 3.63) is 72.3 Å². The molecule has 0 aliphatic heterocycles. The van der Waals surface area contributed by atoms with E-state index in [4.69, 9.17) is 9.47 Å². The van der Waals surface area contributed by atoms with Gasteiger partial charge in [-0.25, -0.2) is 0 Å². The number of carbonyl (C=O) groups excluding carboxylic acids is 1. The number of carbonyl (C=O) groups is 1. The minimum atomic E-state index is -0.114. The molecule has 0 bridgehead atoms. The Balaban J connectivity index is 1.86. The third kappa shape index (κ3) is 5.16. The van der Waals surface area contributed by atoms with Crippen LogP contribution in [0.3, 0.4) is 0 Å². The van der Waals surface area contributed by atoms with Gasteiger partial charge < -0.3 is 14.8 Å². The first-order valence-corrected chi connectivity index (χ1v) is 7.98. The zero-order valence-electron chi connectivity index (χ0n) is 14.0. The van der Waals surface area contributed by atoms with Gasteiger partial charge in [-0.15, -0.1) is 0 Å². The summed E-state index contributed by atoms with van der Waals surface area (Å²) in [6.45, 7) is 4.63. The number of amides is 1. The van der Waals surface area contributed by atoms with E-state index in [9.17, 15) is 4.79 Å². The maximum Gasteiger partial charge on any atom is 0.251 e. The van der Waals surface area contributed by atoms with E-state index in [1.807, 2.05) is 18.2 Å². The van der Waals surface area contributed by atoms with Crippen molar-refractivity contribution in [3.63, 3.8) is 0 Å². The first-order valence-electron chi connectivity index (χ1n) is 7.98. The average Bonchev–Trinajstić information content (AvgIpc) is 2.64. The van der Waals surface area contributed by atoms with Crippen LogP contribution in [0.25, 0.3) is 0 Å². The molecule has 1 N–H and O–H groups in total. The molecule has 0 fully saturated rings. The van der Waals surface area contributed by atoms with Crippen molar-refractivity contribution in [2.45, 2.75) is 12.8 Å². The summed E-state index contributed by atoms with van der Waals surface area (Å²) < 4.78 is 10.8. The molecule has 0 spiro atoms. The maximum atomic E-state index is 12.2. The number of ether oxygens (including phenoxy) is 2. The van der Waals surface area contributed by atoms with E-state index in [1.165, 1.54) is 5.56 Å². The molecule has 0 saturated carbocycles. The van der Waals surface area contributed by atoms with E-state index in [-0.39, 0.29) is 5.91 Å². The highest BCUT2D eigenvalue weighted by molar-refractivity contribution is 5.94. The lowest BCUT2D eigenvalue weighted by atomic mass is 10.1. The second kappa shape index (κ2) is 9.40. The smallest absolute Gasteiger partial charge is 0.251 e. The lowest BCUT2D eigenvalue weighted by Gasteiger charge is -2.11. The monoisotopic (exact) mass is 325 g/mol. The molecule has 0 aromatic heterocycles. The van der Waals surface area contributed by atoms with Crippen LogP contribution in [0.1, 0.15) is 22.3 Å². The van der Waals surface area contributed by atoms with Gasteiger partial charge in [-0.3, -0.25) is 4.79 Å². The Bertz CT molecular complexity index is 668. The van der Waals surface area contributed by atoms with E-state index in [1.54, 1.807) is 31.4 Å². The summed E-state index contributed by atoms with van der Waals surface area (Å²) in [5.41, 5.74) is 1.83. The molecule has 0 heterocycles. The molecule has 0 radical (unpaired) electrons. The van der Waals surface area contributed by atoms with Crippen molar-refractivity contribution in [3.8, 4) is 11.5 Å². The molecular weight excluding hydrogens is 302 g/mol. The first kappa shape index (κ1) is 17.6. The average molecular weight is 325 g/mol. The molecule has 2 aromatic carbocycles. The second-order valence-corrected chi connectivity index (χ2v) is 5.31. The largest absolute Gasteiger partial charge is 0.493 e. The molecule has 4 heteroatoms. The van der Waals surface area contributed by atoms with Gasteiger partial charge in [-0.2, -0.15) is 0 Å². The SMILES string of the molecule is C=CCOc1ccc(C(=O)NCCCc2ccccc2)cc1OC. The molecule has 0 aliphatic rings. The topological polar surface area (TPSA) is 47.6 Å². The van der Waals surface area contributed by atoms with Crippen LogP contribution in [0.5, 0.6) is 11.5 Å². The molecule has 0 saturated heterocycles. The van der Waals surface area contributed by atoms with Gasteiger partial charge in [0.1, 0.15) is 6.61 Å². The van der Waals surface area contributed by atoms with E-state index in [2.05, 4.69) is 24.0 Å². The second-order valence-electron chi connectivity index (χ2n) is 5.31. The third-order valence-electron chi connectivity index (χ3n) is 3.55. The van der Waals surface area contributed by atoms with Crippen LogP contribution in [0, 0.1) is 0 Å². The number of rotatable bonds is 9. The summed E-state index contributed by atoms with van der Waals surface area (Å²) in [4.78, 5) is 12.2. The number of methoxy groups -OCH3 is 1. The summed E-state index contributed by atoms with van der Waals surface area (Å²) in [6.07, 6.45) is 3.50. The molecule has 24 heavy (non-hydrogen) atoms. The molecule has 0 aliphatic carbocycles. The summed E-state index contributed by atoms with van der Waals surface area (Å²) in [5.74, 6) is 1.02. The highest BCUT2D eigenvalue weighted by atomic mass is 16.5. The standard InChI is InChI=1S/C20H23NO3/c1-3-14-24-18-12-11-17(15-19(18)23-2)20(22)21-13-7-10-16-8-5-4-6-9-16/h3-6,8-9,11-12,15H,1,7,10,13-14H2,2H3,(H,21,22). The number of nitrogens with one attached hydrogen (secondary N) is 1. The van der Waals surface area contributed by atoms with E-state index in [0.29, 0.717) is 30.2 Å². The van der Waals surface area contributed by atoms with Gasteiger partial charge in [0.05, 0.1) is 7.11 Å². The van der Waals surface area contributed by atoms with Crippen molar-refractivity contribution in [1.82, 2.24) is 5.32 Å². The van der Waals surface area contributed by atoms with Crippen LogP contribution in [0.4, 0.5) is 0 Å². The Morgan fingerprint density at radius 3 is 2.67 bits per heavy atom. The molecule has 2 rings (SSSR count).